The topological polar surface area (TPSA) is 93.9 Å². The van der Waals surface area contributed by atoms with E-state index in [4.69, 9.17) is 10.5 Å². The van der Waals surface area contributed by atoms with E-state index in [0.717, 1.165) is 68.9 Å². The second-order valence-electron chi connectivity index (χ2n) is 18.9. The molecular weight excluding hydrogens is 623 g/mol. The van der Waals surface area contributed by atoms with Crippen molar-refractivity contribution in [3.05, 3.63) is 82.6 Å². The van der Waals surface area contributed by atoms with Gasteiger partial charge in [0, 0.05) is 28.9 Å². The van der Waals surface area contributed by atoms with Crippen molar-refractivity contribution in [2.75, 3.05) is 5.73 Å². The number of fused-ring (bicyclic) bond motifs is 8. The lowest BCUT2D eigenvalue weighted by Crippen LogP contribution is -2.65. The second-order valence-corrected chi connectivity index (χ2v) is 18.9. The van der Waals surface area contributed by atoms with Crippen LogP contribution in [0.5, 0.6) is 0 Å². The molecular formula is C43H55FN4O2. The maximum Gasteiger partial charge on any atom is 0.313 e. The first-order valence-electron chi connectivity index (χ1n) is 19.0. The highest BCUT2D eigenvalue weighted by atomic mass is 19.1. The lowest BCUT2D eigenvalue weighted by Gasteiger charge is -2.71. The maximum absolute atomic E-state index is 15.2. The Morgan fingerprint density at radius 1 is 0.980 bits per heavy atom. The molecule has 0 spiro atoms. The molecule has 1 aromatic carbocycles. The lowest BCUT2D eigenvalue weighted by molar-refractivity contribution is -0.181. The van der Waals surface area contributed by atoms with Gasteiger partial charge in [0.1, 0.15) is 12.4 Å². The highest BCUT2D eigenvalue weighted by Gasteiger charge is 2.70. The van der Waals surface area contributed by atoms with Gasteiger partial charge < -0.3 is 10.5 Å². The van der Waals surface area contributed by atoms with Crippen LogP contribution in [0.1, 0.15) is 122 Å². The first-order valence-corrected chi connectivity index (χ1v) is 19.0. The average molecular weight is 679 g/mol. The zero-order valence-electron chi connectivity index (χ0n) is 31.1. The number of esters is 1. The van der Waals surface area contributed by atoms with Gasteiger partial charge in [0.05, 0.1) is 5.41 Å². The van der Waals surface area contributed by atoms with Crippen molar-refractivity contribution in [3.8, 4) is 0 Å². The third kappa shape index (κ3) is 4.59. The van der Waals surface area contributed by atoms with Crippen LogP contribution in [0.25, 0.3) is 5.57 Å². The van der Waals surface area contributed by atoms with E-state index in [2.05, 4.69) is 63.6 Å². The molecule has 2 heterocycles. The van der Waals surface area contributed by atoms with Crippen LogP contribution in [0, 0.1) is 50.8 Å². The molecule has 0 aliphatic heterocycles. The number of halogens is 1. The number of anilines is 1. The van der Waals surface area contributed by atoms with Crippen molar-refractivity contribution in [1.29, 1.82) is 0 Å². The molecule has 0 saturated heterocycles. The van der Waals surface area contributed by atoms with E-state index in [1.54, 1.807) is 12.3 Å². The number of rotatable bonds is 4. The maximum atomic E-state index is 15.2. The van der Waals surface area contributed by atoms with Crippen molar-refractivity contribution < 1.29 is 13.9 Å². The molecule has 7 heteroatoms. The van der Waals surface area contributed by atoms with E-state index < -0.39 is 11.4 Å². The van der Waals surface area contributed by atoms with E-state index >= 15 is 4.39 Å². The second kappa shape index (κ2) is 11.0. The van der Waals surface area contributed by atoms with Gasteiger partial charge in [-0.1, -0.05) is 84.4 Å². The van der Waals surface area contributed by atoms with Crippen LogP contribution in [-0.2, 0) is 28.0 Å². The monoisotopic (exact) mass is 678 g/mol. The summed E-state index contributed by atoms with van der Waals surface area (Å²) < 4.78 is 21.5. The van der Waals surface area contributed by atoms with Gasteiger partial charge in [-0.3, -0.25) is 9.89 Å². The molecule has 0 radical (unpaired) electrons. The molecule has 7 atom stereocenters. The number of nitrogens with one attached hydrogen (secondary N) is 1. The van der Waals surface area contributed by atoms with Crippen LogP contribution in [0.2, 0.25) is 0 Å². The summed E-state index contributed by atoms with van der Waals surface area (Å²) in [6.45, 7) is 17.4. The summed E-state index contributed by atoms with van der Waals surface area (Å²) in [5, 5.41) is 7.86. The number of benzene rings is 1. The zero-order chi connectivity index (χ0) is 35.5. The Hall–Kier alpha value is -3.48. The van der Waals surface area contributed by atoms with Gasteiger partial charge in [-0.15, -0.1) is 0 Å². The number of carbonyl (C=O) groups excluding carboxylic acids is 1. The van der Waals surface area contributed by atoms with Gasteiger partial charge >= 0.3 is 5.97 Å². The highest BCUT2D eigenvalue weighted by Crippen LogP contribution is 2.77. The number of nitrogen functional groups attached to an aromatic ring is 1. The Morgan fingerprint density at radius 2 is 1.72 bits per heavy atom. The summed E-state index contributed by atoms with van der Waals surface area (Å²) in [6.07, 6.45) is 10.0. The van der Waals surface area contributed by atoms with Crippen LogP contribution < -0.4 is 5.73 Å². The summed E-state index contributed by atoms with van der Waals surface area (Å²) in [6, 6.07) is 13.7. The van der Waals surface area contributed by atoms with Gasteiger partial charge in [-0.05, 0) is 120 Å². The molecule has 3 aromatic rings. The van der Waals surface area contributed by atoms with Crippen LogP contribution in [0.3, 0.4) is 0 Å². The minimum atomic E-state index is -0.604. The fraction of sp³-hybridized carbons (Fsp3) is 0.605. The SMILES string of the molecule is CC1(C)CC[C@]2(C(=O)OCc3ccccc3)CC[C@]3(C)C(=C(c4ccnc(F)c4)CC4[C@@]5(C)Cc6c(N)n[nH]c6C(C)(C)[C@@H]5CC[C@]43C)[C@@H]2C1. The van der Waals surface area contributed by atoms with Gasteiger partial charge in [-0.25, -0.2) is 4.98 Å². The number of allylic oxidation sites excluding steroid dienone is 2. The van der Waals surface area contributed by atoms with Crippen LogP contribution >= 0.6 is 0 Å². The summed E-state index contributed by atoms with van der Waals surface area (Å²) in [7, 11) is 0. The quantitative estimate of drug-likeness (QED) is 0.212. The number of pyridine rings is 1. The number of ether oxygens (including phenoxy) is 1. The summed E-state index contributed by atoms with van der Waals surface area (Å²) >= 11 is 0. The molecule has 50 heavy (non-hydrogen) atoms. The van der Waals surface area contributed by atoms with E-state index in [0.29, 0.717) is 17.7 Å². The Morgan fingerprint density at radius 3 is 2.46 bits per heavy atom. The van der Waals surface area contributed by atoms with E-state index in [1.807, 2.05) is 36.4 Å². The molecule has 266 valence electrons. The minimum Gasteiger partial charge on any atom is -0.460 e. The number of hydrogen-bond acceptors (Lipinski definition) is 5. The molecule has 0 amide bonds. The molecule has 5 aliphatic rings. The smallest absolute Gasteiger partial charge is 0.313 e. The summed E-state index contributed by atoms with van der Waals surface area (Å²) in [4.78, 5) is 18.7. The van der Waals surface area contributed by atoms with Crippen molar-refractivity contribution in [2.45, 2.75) is 118 Å². The molecule has 3 N–H and O–H groups in total. The number of carbonyl (C=O) groups is 1. The minimum absolute atomic E-state index is 0.0155. The van der Waals surface area contributed by atoms with Crippen LogP contribution in [0.4, 0.5) is 10.2 Å². The van der Waals surface area contributed by atoms with E-state index in [-0.39, 0.29) is 45.6 Å². The number of H-pyrrole nitrogens is 1. The molecule has 6 nitrogen and oxygen atoms in total. The van der Waals surface area contributed by atoms with Gasteiger partial charge in [0.2, 0.25) is 5.95 Å². The molecule has 8 rings (SSSR count). The normalized spacial score (nSPS) is 36.7. The lowest BCUT2D eigenvalue weighted by atomic mass is 9.33. The van der Waals surface area contributed by atoms with Gasteiger partial charge in [-0.2, -0.15) is 9.49 Å². The van der Waals surface area contributed by atoms with Crippen LogP contribution in [0.15, 0.2) is 54.2 Å². The van der Waals surface area contributed by atoms with Gasteiger partial charge in [0.25, 0.3) is 0 Å². The fourth-order valence-electron chi connectivity index (χ4n) is 12.9. The molecule has 2 aromatic heterocycles. The summed E-state index contributed by atoms with van der Waals surface area (Å²) in [5.41, 5.74) is 12.6. The fourth-order valence-corrected chi connectivity index (χ4v) is 12.9. The van der Waals surface area contributed by atoms with Crippen molar-refractivity contribution in [2.24, 2.45) is 44.8 Å². The van der Waals surface area contributed by atoms with E-state index in [1.165, 1.54) is 22.4 Å². The third-order valence-electron chi connectivity index (χ3n) is 15.7. The molecule has 3 saturated carbocycles. The summed E-state index contributed by atoms with van der Waals surface area (Å²) in [5.74, 6) is 0.880. The van der Waals surface area contributed by atoms with Crippen molar-refractivity contribution in [3.63, 3.8) is 0 Å². The first-order chi connectivity index (χ1) is 23.6. The predicted molar refractivity (Wildman–Crippen MR) is 195 cm³/mol. The van der Waals surface area contributed by atoms with E-state index in [9.17, 15) is 4.79 Å². The largest absolute Gasteiger partial charge is 0.460 e. The molecule has 5 aliphatic carbocycles. The highest BCUT2D eigenvalue weighted by molar-refractivity contribution is 5.81. The number of aromatic amines is 1. The Balaban J connectivity index is 1.31. The predicted octanol–water partition coefficient (Wildman–Crippen LogP) is 9.61. The first kappa shape index (κ1) is 33.7. The van der Waals surface area contributed by atoms with Crippen molar-refractivity contribution >= 4 is 17.4 Å². The number of hydrogen-bond donors (Lipinski definition) is 2. The Kier molecular flexibility index (Phi) is 7.41. The molecule has 1 unspecified atom stereocenters. The Labute approximate surface area is 297 Å². The number of nitrogens with zero attached hydrogens (tertiary/aromatic N) is 2. The Bertz CT molecular complexity index is 1880. The number of aromatic nitrogens is 3. The third-order valence-corrected chi connectivity index (χ3v) is 15.7. The van der Waals surface area contributed by atoms with Crippen molar-refractivity contribution in [1.82, 2.24) is 15.2 Å². The molecule has 0 bridgehead atoms. The standard InChI is InChI=1S/C43H55FN4O2/c1-38(2)16-18-43(37(49)50-25-26-11-9-8-10-12-26)19-17-42(7)34(30(43)24-38)28(27-14-20-46-33(44)21-27)22-32-40(5)23-29-35(47-48-36(29)45)39(3,4)31(40)13-15-41(32,42)6/h8-12,14,20-21,30-32H,13,15-19,22-25H2,1-7H3,(H3,45,47,48)/t30-,31-,32?,40-,41+,42+,43-/m0/s1. The average Bonchev–Trinajstić information content (AvgIpc) is 3.44. The molecule has 3 fully saturated rings. The van der Waals surface area contributed by atoms with Crippen LogP contribution in [-0.4, -0.2) is 21.2 Å². The number of nitrogens with two attached hydrogens (primary N) is 1. The zero-order valence-corrected chi connectivity index (χ0v) is 31.1. The van der Waals surface area contributed by atoms with Gasteiger partial charge in [0.15, 0.2) is 0 Å².